The molecule has 0 aliphatic carbocycles. The number of carboxylic acids is 1. The lowest BCUT2D eigenvalue weighted by molar-refractivity contribution is 0.0684. The average Bonchev–Trinajstić information content (AvgIpc) is 3.48. The number of rotatable bonds is 6. The standard InChI is InChI=1S/C25H22ClF2N9O2/c26-19-18-22(32-25(29)37-23(18)31-21(33-37)16-3-1-2-6-30-16)36(20(19)24(38)39)12-9-34-7-10-35(11-8-34)17-5-4-14(27)13-15(17)28/h1-6,13H,7-12H2,(H2,29,32)(H,38,39). The van der Waals surface area contributed by atoms with Crippen LogP contribution < -0.4 is 10.6 Å². The van der Waals surface area contributed by atoms with Crippen LogP contribution in [-0.2, 0) is 6.54 Å². The maximum atomic E-state index is 14.2. The molecule has 5 heterocycles. The van der Waals surface area contributed by atoms with Crippen molar-refractivity contribution in [2.75, 3.05) is 43.4 Å². The first-order chi connectivity index (χ1) is 18.8. The molecule has 1 fully saturated rings. The highest BCUT2D eigenvalue weighted by Crippen LogP contribution is 2.34. The molecule has 0 unspecified atom stereocenters. The number of nitrogens with zero attached hydrogens (tertiary/aromatic N) is 8. The van der Waals surface area contributed by atoms with Gasteiger partial charge in [-0.25, -0.2) is 18.6 Å². The van der Waals surface area contributed by atoms with Gasteiger partial charge in [0.1, 0.15) is 28.7 Å². The highest BCUT2D eigenvalue weighted by molar-refractivity contribution is 6.39. The number of pyridine rings is 1. The van der Waals surface area contributed by atoms with Gasteiger partial charge in [0.05, 0.1) is 16.1 Å². The van der Waals surface area contributed by atoms with E-state index in [-0.39, 0.29) is 34.5 Å². The van der Waals surface area contributed by atoms with Crippen LogP contribution in [0.15, 0.2) is 42.6 Å². The minimum absolute atomic E-state index is 0.00780. The van der Waals surface area contributed by atoms with E-state index in [2.05, 4.69) is 25.0 Å². The third kappa shape index (κ3) is 4.38. The molecular weight excluding hydrogens is 532 g/mol. The number of hydrogen-bond acceptors (Lipinski definition) is 8. The maximum absolute atomic E-state index is 14.2. The van der Waals surface area contributed by atoms with E-state index in [1.165, 1.54) is 21.2 Å². The second kappa shape index (κ2) is 9.75. The number of aromatic nitrogens is 6. The number of carbonyl (C=O) groups is 1. The average molecular weight is 554 g/mol. The summed E-state index contributed by atoms with van der Waals surface area (Å²) in [4.78, 5) is 29.5. The lowest BCUT2D eigenvalue weighted by Gasteiger charge is -2.36. The van der Waals surface area contributed by atoms with Gasteiger partial charge in [-0.05, 0) is 24.3 Å². The number of fused-ring (bicyclic) bond motifs is 3. The minimum Gasteiger partial charge on any atom is -0.477 e. The zero-order valence-electron chi connectivity index (χ0n) is 20.4. The molecule has 0 atom stereocenters. The number of carboxylic acid groups (broad SMARTS) is 1. The van der Waals surface area contributed by atoms with Crippen LogP contribution in [0.2, 0.25) is 5.02 Å². The highest BCUT2D eigenvalue weighted by Gasteiger charge is 2.28. The monoisotopic (exact) mass is 553 g/mol. The van der Waals surface area contributed by atoms with Crippen molar-refractivity contribution in [3.8, 4) is 11.5 Å². The molecule has 3 N–H and O–H groups in total. The van der Waals surface area contributed by atoms with Crippen molar-refractivity contribution in [1.29, 1.82) is 0 Å². The fraction of sp³-hybridized carbons (Fsp3) is 0.240. The summed E-state index contributed by atoms with van der Waals surface area (Å²) in [5.41, 5.74) is 7.52. The first-order valence-electron chi connectivity index (χ1n) is 12.1. The van der Waals surface area contributed by atoms with Gasteiger partial charge < -0.3 is 20.3 Å². The summed E-state index contributed by atoms with van der Waals surface area (Å²) < 4.78 is 30.3. The van der Waals surface area contributed by atoms with Crippen LogP contribution in [0.1, 0.15) is 10.5 Å². The van der Waals surface area contributed by atoms with Crippen molar-refractivity contribution >= 4 is 45.9 Å². The van der Waals surface area contributed by atoms with Crippen LogP contribution in [0.5, 0.6) is 0 Å². The lowest BCUT2D eigenvalue weighted by atomic mass is 10.2. The Morgan fingerprint density at radius 1 is 1.05 bits per heavy atom. The van der Waals surface area contributed by atoms with Gasteiger partial charge in [-0.3, -0.25) is 9.88 Å². The van der Waals surface area contributed by atoms with Crippen molar-refractivity contribution in [3.05, 3.63) is 64.9 Å². The number of piperazine rings is 1. The van der Waals surface area contributed by atoms with Crippen LogP contribution in [0.4, 0.5) is 20.4 Å². The minimum atomic E-state index is -1.21. The first-order valence-corrected chi connectivity index (χ1v) is 12.5. The van der Waals surface area contributed by atoms with Gasteiger partial charge in [-0.2, -0.15) is 9.50 Å². The predicted octanol–water partition coefficient (Wildman–Crippen LogP) is 3.18. The summed E-state index contributed by atoms with van der Waals surface area (Å²) >= 11 is 6.62. The summed E-state index contributed by atoms with van der Waals surface area (Å²) in [7, 11) is 0. The Kier molecular flexibility index (Phi) is 6.23. The number of nitrogen functional groups attached to an aromatic ring is 1. The fourth-order valence-corrected chi connectivity index (χ4v) is 5.25. The van der Waals surface area contributed by atoms with E-state index in [0.29, 0.717) is 55.3 Å². The van der Waals surface area contributed by atoms with Crippen molar-refractivity contribution in [1.82, 2.24) is 34.0 Å². The molecular formula is C25H22ClF2N9O2. The van der Waals surface area contributed by atoms with Gasteiger partial charge in [0.15, 0.2) is 5.65 Å². The van der Waals surface area contributed by atoms with E-state index in [9.17, 15) is 18.7 Å². The van der Waals surface area contributed by atoms with Crippen LogP contribution in [0.3, 0.4) is 0 Å². The normalized spacial score (nSPS) is 14.5. The molecule has 0 amide bonds. The zero-order valence-corrected chi connectivity index (χ0v) is 21.2. The molecule has 1 saturated heterocycles. The number of anilines is 2. The first kappa shape index (κ1) is 24.9. The molecule has 200 valence electrons. The van der Waals surface area contributed by atoms with Crippen LogP contribution in [0, 0.1) is 11.6 Å². The van der Waals surface area contributed by atoms with E-state index in [4.69, 9.17) is 17.3 Å². The molecule has 11 nitrogen and oxygen atoms in total. The third-order valence-corrected chi connectivity index (χ3v) is 7.17. The summed E-state index contributed by atoms with van der Waals surface area (Å²) in [6.45, 7) is 3.01. The Morgan fingerprint density at radius 3 is 2.54 bits per heavy atom. The van der Waals surface area contributed by atoms with Gasteiger partial charge in [-0.15, -0.1) is 5.10 Å². The van der Waals surface area contributed by atoms with Crippen molar-refractivity contribution in [2.45, 2.75) is 6.54 Å². The summed E-state index contributed by atoms with van der Waals surface area (Å²) in [5, 5.41) is 14.7. The molecule has 14 heteroatoms. The van der Waals surface area contributed by atoms with Crippen molar-refractivity contribution < 1.29 is 18.7 Å². The van der Waals surface area contributed by atoms with Gasteiger partial charge in [0.2, 0.25) is 11.8 Å². The SMILES string of the molecule is Nc1nc2c(c(Cl)c(C(=O)O)n2CCN2CCN(c3ccc(F)cc3F)CC2)c2nc(-c3ccccn3)nn12. The van der Waals surface area contributed by atoms with Crippen molar-refractivity contribution in [3.63, 3.8) is 0 Å². The summed E-state index contributed by atoms with van der Waals surface area (Å²) in [6.07, 6.45) is 1.61. The van der Waals surface area contributed by atoms with Gasteiger partial charge >= 0.3 is 5.97 Å². The topological polar surface area (TPSA) is 131 Å². The molecule has 0 saturated carbocycles. The number of hydrogen-bond donors (Lipinski definition) is 2. The number of nitrogens with two attached hydrogens (primary N) is 1. The highest BCUT2D eigenvalue weighted by atomic mass is 35.5. The Labute approximate surface area is 225 Å². The van der Waals surface area contributed by atoms with E-state index < -0.39 is 17.6 Å². The van der Waals surface area contributed by atoms with E-state index >= 15 is 0 Å². The molecule has 39 heavy (non-hydrogen) atoms. The van der Waals surface area contributed by atoms with E-state index in [0.717, 1.165) is 6.07 Å². The molecule has 5 aromatic rings. The van der Waals surface area contributed by atoms with Crippen LogP contribution in [0.25, 0.3) is 28.2 Å². The maximum Gasteiger partial charge on any atom is 0.354 e. The number of aromatic carboxylic acids is 1. The molecule has 6 rings (SSSR count). The predicted molar refractivity (Wildman–Crippen MR) is 141 cm³/mol. The quantitative estimate of drug-likeness (QED) is 0.325. The fourth-order valence-electron chi connectivity index (χ4n) is 4.90. The van der Waals surface area contributed by atoms with E-state index in [1.807, 2.05) is 4.90 Å². The number of halogens is 3. The second-order valence-electron chi connectivity index (χ2n) is 9.10. The largest absolute Gasteiger partial charge is 0.477 e. The third-order valence-electron chi connectivity index (χ3n) is 6.80. The van der Waals surface area contributed by atoms with Gasteiger partial charge in [0, 0.05) is 51.5 Å². The summed E-state index contributed by atoms with van der Waals surface area (Å²) in [6, 6.07) is 8.87. The van der Waals surface area contributed by atoms with E-state index in [1.54, 1.807) is 24.4 Å². The van der Waals surface area contributed by atoms with Crippen molar-refractivity contribution in [2.24, 2.45) is 0 Å². The zero-order chi connectivity index (χ0) is 27.3. The second-order valence-corrected chi connectivity index (χ2v) is 9.48. The summed E-state index contributed by atoms with van der Waals surface area (Å²) in [5.74, 6) is -2.11. The van der Waals surface area contributed by atoms with Gasteiger partial charge in [-0.1, -0.05) is 17.7 Å². The van der Waals surface area contributed by atoms with Crippen LogP contribution >= 0.6 is 11.6 Å². The Hall–Kier alpha value is -4.36. The van der Waals surface area contributed by atoms with Gasteiger partial charge in [0.25, 0.3) is 0 Å². The molecule has 1 aliphatic heterocycles. The Morgan fingerprint density at radius 2 is 1.85 bits per heavy atom. The molecule has 4 aromatic heterocycles. The lowest BCUT2D eigenvalue weighted by Crippen LogP contribution is -2.47. The smallest absolute Gasteiger partial charge is 0.354 e. The van der Waals surface area contributed by atoms with Crippen LogP contribution in [-0.4, -0.2) is 77.8 Å². The molecule has 0 bridgehead atoms. The molecule has 1 aliphatic rings. The Balaban J connectivity index is 1.29. The number of benzene rings is 1. The molecule has 0 spiro atoms. The Bertz CT molecular complexity index is 1720. The molecule has 0 radical (unpaired) electrons. The molecule has 1 aromatic carbocycles.